The fourth-order valence-electron chi connectivity index (χ4n) is 3.55. The molecule has 164 valence electrons. The van der Waals surface area contributed by atoms with Crippen molar-refractivity contribution in [2.75, 3.05) is 0 Å². The van der Waals surface area contributed by atoms with Crippen molar-refractivity contribution in [3.05, 3.63) is 59.9 Å². The van der Waals surface area contributed by atoms with Gasteiger partial charge in [-0.05, 0) is 24.1 Å². The Bertz CT molecular complexity index is 1250. The molecule has 3 aromatic rings. The number of thiophene rings is 1. The van der Waals surface area contributed by atoms with E-state index in [1.165, 1.54) is 12.1 Å². The van der Waals surface area contributed by atoms with Crippen LogP contribution in [0.25, 0.3) is 10.6 Å². The van der Waals surface area contributed by atoms with E-state index in [-0.39, 0.29) is 21.2 Å². The molecule has 7 nitrogen and oxygen atoms in total. The van der Waals surface area contributed by atoms with E-state index in [1.54, 1.807) is 37.3 Å². The second kappa shape index (κ2) is 6.90. The number of aromatic nitrogens is 1. The average molecular weight is 472 g/mol. The summed E-state index contributed by atoms with van der Waals surface area (Å²) in [6.07, 6.45) is -4.67. The van der Waals surface area contributed by atoms with Crippen LogP contribution in [0.3, 0.4) is 0 Å². The number of sulfonamides is 1. The Morgan fingerprint density at radius 2 is 1.90 bits per heavy atom. The Kier molecular flexibility index (Phi) is 4.79. The number of halogens is 3. The fourth-order valence-corrected chi connectivity index (χ4v) is 6.27. The SMILES string of the molecule is CC1(c2ccccc2)CC1(NS(=O)(=O)c1ccc(-c2cc(C(F)(F)F)on2)s1)C(=O)O. The smallest absolute Gasteiger partial charge is 0.452 e. The molecular weight excluding hydrogens is 457 g/mol. The van der Waals surface area contributed by atoms with E-state index in [2.05, 4.69) is 14.4 Å². The summed E-state index contributed by atoms with van der Waals surface area (Å²) in [6, 6.07) is 11.8. The zero-order chi connectivity index (χ0) is 22.7. The Labute approximate surface area is 178 Å². The average Bonchev–Trinajstić information content (AvgIpc) is 3.12. The van der Waals surface area contributed by atoms with Crippen molar-refractivity contribution in [3.63, 3.8) is 0 Å². The molecule has 12 heteroatoms. The molecule has 2 heterocycles. The highest BCUT2D eigenvalue weighted by atomic mass is 32.2. The lowest BCUT2D eigenvalue weighted by Crippen LogP contribution is -2.47. The summed E-state index contributed by atoms with van der Waals surface area (Å²) < 4.78 is 70.3. The van der Waals surface area contributed by atoms with Gasteiger partial charge in [0, 0.05) is 11.5 Å². The van der Waals surface area contributed by atoms with Gasteiger partial charge in [-0.25, -0.2) is 8.42 Å². The summed E-state index contributed by atoms with van der Waals surface area (Å²) in [5.41, 5.74) is -2.20. The van der Waals surface area contributed by atoms with Gasteiger partial charge in [0.1, 0.15) is 15.4 Å². The molecule has 0 aliphatic heterocycles. The predicted molar refractivity (Wildman–Crippen MR) is 104 cm³/mol. The predicted octanol–water partition coefficient (Wildman–Crippen LogP) is 3.89. The van der Waals surface area contributed by atoms with Gasteiger partial charge in [0.25, 0.3) is 10.0 Å². The number of nitrogens with zero attached hydrogens (tertiary/aromatic N) is 1. The topological polar surface area (TPSA) is 110 Å². The molecule has 0 saturated heterocycles. The van der Waals surface area contributed by atoms with E-state index in [0.717, 1.165) is 0 Å². The van der Waals surface area contributed by atoms with Crippen molar-refractivity contribution in [1.29, 1.82) is 0 Å². The van der Waals surface area contributed by atoms with Crippen LogP contribution < -0.4 is 4.72 Å². The molecule has 0 bridgehead atoms. The Morgan fingerprint density at radius 3 is 2.48 bits per heavy atom. The molecule has 1 aliphatic rings. The standard InChI is InChI=1S/C19H15F3N2O5S2/c1-17(11-5-3-2-4-6-11)10-18(17,16(25)26)24-31(27,28)15-8-7-13(30-15)12-9-14(29-23-12)19(20,21)22/h2-9,24H,10H2,1H3,(H,25,26). The molecule has 1 fully saturated rings. The lowest BCUT2D eigenvalue weighted by molar-refractivity contribution is -0.155. The van der Waals surface area contributed by atoms with Crippen molar-refractivity contribution in [3.8, 4) is 10.6 Å². The van der Waals surface area contributed by atoms with Crippen molar-refractivity contribution < 1.29 is 36.0 Å². The summed E-state index contributed by atoms with van der Waals surface area (Å²) in [7, 11) is -4.28. The zero-order valence-electron chi connectivity index (χ0n) is 15.8. The van der Waals surface area contributed by atoms with E-state index in [0.29, 0.717) is 23.0 Å². The quantitative estimate of drug-likeness (QED) is 0.564. The van der Waals surface area contributed by atoms with Crippen LogP contribution in [0, 0.1) is 0 Å². The van der Waals surface area contributed by atoms with Crippen LogP contribution in [0.4, 0.5) is 13.2 Å². The molecule has 2 N–H and O–H groups in total. The van der Waals surface area contributed by atoms with Crippen molar-refractivity contribution in [1.82, 2.24) is 9.88 Å². The molecular formula is C19H15F3N2O5S2. The van der Waals surface area contributed by atoms with E-state index < -0.39 is 38.9 Å². The number of alkyl halides is 3. The summed E-state index contributed by atoms with van der Waals surface area (Å²) in [6.45, 7) is 1.66. The fraction of sp³-hybridized carbons (Fsp3) is 0.263. The monoisotopic (exact) mass is 472 g/mol. The maximum atomic E-state index is 12.9. The Hall–Kier alpha value is -2.70. The maximum Gasteiger partial charge on any atom is 0.452 e. The highest BCUT2D eigenvalue weighted by Crippen LogP contribution is 2.58. The number of rotatable bonds is 6. The van der Waals surface area contributed by atoms with Gasteiger partial charge in [-0.15, -0.1) is 11.3 Å². The minimum absolute atomic E-state index is 0.0506. The molecule has 0 radical (unpaired) electrons. The lowest BCUT2D eigenvalue weighted by atomic mass is 9.93. The number of hydrogen-bond acceptors (Lipinski definition) is 6. The molecule has 1 aromatic carbocycles. The van der Waals surface area contributed by atoms with E-state index in [9.17, 15) is 31.5 Å². The number of benzene rings is 1. The highest BCUT2D eigenvalue weighted by Gasteiger charge is 2.72. The van der Waals surface area contributed by atoms with Gasteiger partial charge in [-0.1, -0.05) is 42.4 Å². The van der Waals surface area contributed by atoms with Gasteiger partial charge in [-0.3, -0.25) is 4.79 Å². The van der Waals surface area contributed by atoms with Crippen LogP contribution in [0.15, 0.2) is 57.3 Å². The Balaban J connectivity index is 1.63. The van der Waals surface area contributed by atoms with Gasteiger partial charge in [0.05, 0.1) is 4.88 Å². The largest absolute Gasteiger partial charge is 0.480 e. The molecule has 0 spiro atoms. The van der Waals surface area contributed by atoms with Crippen LogP contribution in [0.2, 0.25) is 0 Å². The van der Waals surface area contributed by atoms with Crippen molar-refractivity contribution in [2.24, 2.45) is 0 Å². The van der Waals surface area contributed by atoms with Crippen LogP contribution in [0.5, 0.6) is 0 Å². The van der Waals surface area contributed by atoms with Crippen LogP contribution in [-0.4, -0.2) is 30.2 Å². The second-order valence-corrected chi connectivity index (χ2v) is 10.4. The van der Waals surface area contributed by atoms with Crippen LogP contribution in [-0.2, 0) is 26.4 Å². The highest BCUT2D eigenvalue weighted by molar-refractivity contribution is 7.91. The molecule has 2 unspecified atom stereocenters. The van der Waals surface area contributed by atoms with Gasteiger partial charge >= 0.3 is 12.1 Å². The second-order valence-electron chi connectivity index (χ2n) is 7.38. The minimum Gasteiger partial charge on any atom is -0.480 e. The number of carboxylic acids is 1. The van der Waals surface area contributed by atoms with Gasteiger partial charge < -0.3 is 9.63 Å². The van der Waals surface area contributed by atoms with Crippen molar-refractivity contribution in [2.45, 2.75) is 34.7 Å². The summed E-state index contributed by atoms with van der Waals surface area (Å²) in [5, 5.41) is 13.2. The third-order valence-electron chi connectivity index (χ3n) is 5.41. The van der Waals surface area contributed by atoms with E-state index >= 15 is 0 Å². The zero-order valence-corrected chi connectivity index (χ0v) is 17.4. The molecule has 0 amide bonds. The van der Waals surface area contributed by atoms with Gasteiger partial charge in [-0.2, -0.15) is 17.9 Å². The first-order chi connectivity index (χ1) is 14.4. The van der Waals surface area contributed by atoms with E-state index in [4.69, 9.17) is 0 Å². The normalized spacial score (nSPS) is 23.6. The third kappa shape index (κ3) is 3.54. The van der Waals surface area contributed by atoms with E-state index in [1.807, 2.05) is 0 Å². The maximum absolute atomic E-state index is 12.9. The molecule has 2 atom stereocenters. The first-order valence-electron chi connectivity index (χ1n) is 8.86. The molecule has 31 heavy (non-hydrogen) atoms. The summed E-state index contributed by atoms with van der Waals surface area (Å²) in [5.74, 6) is -2.62. The summed E-state index contributed by atoms with van der Waals surface area (Å²) >= 11 is 0.660. The molecule has 4 rings (SSSR count). The number of hydrogen-bond donors (Lipinski definition) is 2. The van der Waals surface area contributed by atoms with Crippen LogP contribution in [0.1, 0.15) is 24.7 Å². The van der Waals surface area contributed by atoms with Gasteiger partial charge in [0.15, 0.2) is 0 Å². The van der Waals surface area contributed by atoms with Gasteiger partial charge in [0.2, 0.25) is 5.76 Å². The molecule has 1 saturated carbocycles. The number of nitrogens with one attached hydrogen (secondary N) is 1. The van der Waals surface area contributed by atoms with Crippen LogP contribution >= 0.6 is 11.3 Å². The number of aliphatic carboxylic acids is 1. The Morgan fingerprint density at radius 1 is 1.23 bits per heavy atom. The first kappa shape index (κ1) is 21.5. The third-order valence-corrected chi connectivity index (χ3v) is 8.50. The lowest BCUT2D eigenvalue weighted by Gasteiger charge is -2.20. The number of carboxylic acid groups (broad SMARTS) is 1. The summed E-state index contributed by atoms with van der Waals surface area (Å²) in [4.78, 5) is 12.2. The molecule has 2 aromatic heterocycles. The number of carbonyl (C=O) groups is 1. The van der Waals surface area contributed by atoms with Crippen molar-refractivity contribution >= 4 is 27.3 Å². The minimum atomic E-state index is -4.72. The first-order valence-corrected chi connectivity index (χ1v) is 11.2. The molecule has 1 aliphatic carbocycles.